The molecule has 0 radical (unpaired) electrons. The Hall–Kier alpha value is -2.77. The zero-order valence-corrected chi connectivity index (χ0v) is 19.4. The van der Waals surface area contributed by atoms with Crippen molar-refractivity contribution in [2.75, 3.05) is 13.1 Å². The summed E-state index contributed by atoms with van der Waals surface area (Å²) in [5.41, 5.74) is 3.92. The van der Waals surface area contributed by atoms with Crippen molar-refractivity contribution >= 4 is 35.0 Å². The predicted molar refractivity (Wildman–Crippen MR) is 123 cm³/mol. The van der Waals surface area contributed by atoms with Crippen LogP contribution in [0.4, 0.5) is 0 Å². The van der Waals surface area contributed by atoms with E-state index in [4.69, 9.17) is 27.6 Å². The van der Waals surface area contributed by atoms with Crippen molar-refractivity contribution in [1.82, 2.24) is 20.0 Å². The molecule has 2 amide bonds. The third kappa shape index (κ3) is 4.69. The van der Waals surface area contributed by atoms with Crippen LogP contribution < -0.4 is 5.32 Å². The highest BCUT2D eigenvalue weighted by Crippen LogP contribution is 2.26. The quantitative estimate of drug-likeness (QED) is 0.595. The van der Waals surface area contributed by atoms with Gasteiger partial charge in [0.05, 0.1) is 39.7 Å². The topological polar surface area (TPSA) is 80.4 Å². The molecule has 1 aliphatic heterocycles. The largest absolute Gasteiger partial charge is 0.472 e. The van der Waals surface area contributed by atoms with Gasteiger partial charge in [-0.3, -0.25) is 9.59 Å². The molecule has 7 nitrogen and oxygen atoms in total. The van der Waals surface area contributed by atoms with Gasteiger partial charge in [-0.2, -0.15) is 5.10 Å². The van der Waals surface area contributed by atoms with Gasteiger partial charge in [0.25, 0.3) is 5.91 Å². The van der Waals surface area contributed by atoms with Crippen LogP contribution in [0.5, 0.6) is 0 Å². The van der Waals surface area contributed by atoms with E-state index >= 15 is 0 Å². The first-order valence-electron chi connectivity index (χ1n) is 10.4. The average molecular weight is 475 g/mol. The second kappa shape index (κ2) is 9.38. The minimum absolute atomic E-state index is 0.0375. The molecule has 0 unspecified atom stereocenters. The maximum Gasteiger partial charge on any atom is 0.257 e. The van der Waals surface area contributed by atoms with Crippen LogP contribution in [0.3, 0.4) is 0 Å². The lowest BCUT2D eigenvalue weighted by molar-refractivity contribution is -0.121. The number of likely N-dealkylation sites (tertiary alicyclic amines) is 1. The van der Waals surface area contributed by atoms with Crippen LogP contribution in [-0.2, 0) is 11.2 Å². The van der Waals surface area contributed by atoms with E-state index in [1.165, 1.54) is 12.5 Å². The predicted octanol–water partition coefficient (Wildman–Crippen LogP) is 4.35. The van der Waals surface area contributed by atoms with Crippen molar-refractivity contribution in [2.24, 2.45) is 0 Å². The lowest BCUT2D eigenvalue weighted by Crippen LogP contribution is -2.46. The van der Waals surface area contributed by atoms with Gasteiger partial charge in [-0.15, -0.1) is 0 Å². The Morgan fingerprint density at radius 3 is 2.56 bits per heavy atom. The van der Waals surface area contributed by atoms with Crippen LogP contribution in [0.1, 0.15) is 40.2 Å². The van der Waals surface area contributed by atoms with E-state index in [0.717, 1.165) is 35.5 Å². The SMILES string of the molecule is Cc1nn(-c2ccc(Cl)c(Cl)c2)c(C)c1CC(=O)NC1CCN(C(=O)c2ccoc2)CC1. The van der Waals surface area contributed by atoms with Crippen LogP contribution in [0.25, 0.3) is 5.69 Å². The Kier molecular flexibility index (Phi) is 6.58. The zero-order chi connectivity index (χ0) is 22.8. The van der Waals surface area contributed by atoms with Gasteiger partial charge < -0.3 is 14.6 Å². The molecule has 9 heteroatoms. The van der Waals surface area contributed by atoms with Crippen molar-refractivity contribution < 1.29 is 14.0 Å². The number of aromatic nitrogens is 2. The molecule has 1 aromatic carbocycles. The number of nitrogens with zero attached hydrogens (tertiary/aromatic N) is 3. The van der Waals surface area contributed by atoms with Gasteiger partial charge in [0, 0.05) is 30.4 Å². The van der Waals surface area contributed by atoms with Gasteiger partial charge in [0.15, 0.2) is 0 Å². The van der Waals surface area contributed by atoms with Gasteiger partial charge in [0.2, 0.25) is 5.91 Å². The third-order valence-electron chi connectivity index (χ3n) is 5.84. The van der Waals surface area contributed by atoms with Crippen LogP contribution in [0.15, 0.2) is 41.2 Å². The summed E-state index contributed by atoms with van der Waals surface area (Å²) in [5.74, 6) is -0.0889. The van der Waals surface area contributed by atoms with Gasteiger partial charge in [-0.05, 0) is 51.0 Å². The molecule has 0 atom stereocenters. The van der Waals surface area contributed by atoms with Crippen molar-refractivity contribution in [3.8, 4) is 5.69 Å². The summed E-state index contributed by atoms with van der Waals surface area (Å²) < 4.78 is 6.77. The standard InChI is InChI=1S/C23H24Cl2N4O3/c1-14-19(15(2)29(27-14)18-3-4-20(24)21(25)11-18)12-22(30)26-17-5-8-28(9-6-17)23(31)16-7-10-32-13-16/h3-4,7,10-11,13,17H,5-6,8-9,12H2,1-2H3,(H,26,30). The lowest BCUT2D eigenvalue weighted by atomic mass is 10.0. The molecule has 3 heterocycles. The summed E-state index contributed by atoms with van der Waals surface area (Å²) in [6.07, 6.45) is 4.63. The molecule has 0 saturated carbocycles. The lowest BCUT2D eigenvalue weighted by Gasteiger charge is -2.32. The normalized spacial score (nSPS) is 14.6. The number of aryl methyl sites for hydroxylation is 1. The van der Waals surface area contributed by atoms with Crippen molar-refractivity contribution in [3.63, 3.8) is 0 Å². The van der Waals surface area contributed by atoms with Crippen molar-refractivity contribution in [3.05, 3.63) is 69.4 Å². The first kappa shape index (κ1) is 22.4. The number of benzene rings is 1. The van der Waals surface area contributed by atoms with E-state index in [1.54, 1.807) is 27.8 Å². The molecular weight excluding hydrogens is 451 g/mol. The third-order valence-corrected chi connectivity index (χ3v) is 6.58. The summed E-state index contributed by atoms with van der Waals surface area (Å²) in [6, 6.07) is 7.04. The van der Waals surface area contributed by atoms with Crippen LogP contribution in [-0.4, -0.2) is 45.6 Å². The molecule has 1 aliphatic rings. The number of furan rings is 1. The monoisotopic (exact) mass is 474 g/mol. The Labute approximate surface area is 196 Å². The molecule has 3 aromatic rings. The van der Waals surface area contributed by atoms with E-state index < -0.39 is 0 Å². The highest BCUT2D eigenvalue weighted by Gasteiger charge is 2.26. The Bertz CT molecular complexity index is 1130. The molecular formula is C23H24Cl2N4O3. The minimum Gasteiger partial charge on any atom is -0.472 e. The number of carbonyl (C=O) groups excluding carboxylic acids is 2. The molecule has 168 valence electrons. The Morgan fingerprint density at radius 1 is 1.16 bits per heavy atom. The summed E-state index contributed by atoms with van der Waals surface area (Å²) >= 11 is 12.2. The fourth-order valence-electron chi connectivity index (χ4n) is 4.03. The number of rotatable bonds is 5. The van der Waals surface area contributed by atoms with Gasteiger partial charge >= 0.3 is 0 Å². The smallest absolute Gasteiger partial charge is 0.257 e. The number of carbonyl (C=O) groups is 2. The van der Waals surface area contributed by atoms with Crippen LogP contribution in [0.2, 0.25) is 10.0 Å². The molecule has 4 rings (SSSR count). The first-order valence-corrected chi connectivity index (χ1v) is 11.2. The Morgan fingerprint density at radius 2 is 1.91 bits per heavy atom. The molecule has 0 bridgehead atoms. The molecule has 0 spiro atoms. The van der Waals surface area contributed by atoms with E-state index in [-0.39, 0.29) is 24.3 Å². The van der Waals surface area contributed by atoms with E-state index in [1.807, 2.05) is 19.9 Å². The summed E-state index contributed by atoms with van der Waals surface area (Å²) in [7, 11) is 0. The van der Waals surface area contributed by atoms with E-state index in [0.29, 0.717) is 28.7 Å². The maximum absolute atomic E-state index is 12.8. The minimum atomic E-state index is -0.0514. The molecule has 0 aliphatic carbocycles. The number of nitrogens with one attached hydrogen (secondary N) is 1. The summed E-state index contributed by atoms with van der Waals surface area (Å²) in [5, 5.41) is 8.63. The van der Waals surface area contributed by atoms with Gasteiger partial charge in [0.1, 0.15) is 6.26 Å². The summed E-state index contributed by atoms with van der Waals surface area (Å²) in [4.78, 5) is 27.0. The zero-order valence-electron chi connectivity index (χ0n) is 17.9. The number of halogens is 2. The number of hydrogen-bond acceptors (Lipinski definition) is 4. The second-order valence-electron chi connectivity index (χ2n) is 7.98. The van der Waals surface area contributed by atoms with Crippen molar-refractivity contribution in [1.29, 1.82) is 0 Å². The average Bonchev–Trinajstić information content (AvgIpc) is 3.40. The number of piperidine rings is 1. The highest BCUT2D eigenvalue weighted by molar-refractivity contribution is 6.42. The van der Waals surface area contributed by atoms with Crippen molar-refractivity contribution in [2.45, 2.75) is 39.2 Å². The number of amides is 2. The molecule has 1 N–H and O–H groups in total. The second-order valence-corrected chi connectivity index (χ2v) is 8.80. The highest BCUT2D eigenvalue weighted by atomic mass is 35.5. The molecule has 32 heavy (non-hydrogen) atoms. The maximum atomic E-state index is 12.8. The molecule has 2 aromatic heterocycles. The van der Waals surface area contributed by atoms with Crippen LogP contribution in [0, 0.1) is 13.8 Å². The van der Waals surface area contributed by atoms with E-state index in [9.17, 15) is 9.59 Å². The summed E-state index contributed by atoms with van der Waals surface area (Å²) in [6.45, 7) is 5.03. The van der Waals surface area contributed by atoms with E-state index in [2.05, 4.69) is 10.4 Å². The molecule has 1 fully saturated rings. The Balaban J connectivity index is 1.36. The fraction of sp³-hybridized carbons (Fsp3) is 0.348. The van der Waals surface area contributed by atoms with Crippen LogP contribution >= 0.6 is 23.2 Å². The fourth-order valence-corrected chi connectivity index (χ4v) is 4.33. The van der Waals surface area contributed by atoms with Gasteiger partial charge in [-0.25, -0.2) is 4.68 Å². The first-order chi connectivity index (χ1) is 15.3. The number of hydrogen-bond donors (Lipinski definition) is 1. The molecule has 1 saturated heterocycles. The van der Waals surface area contributed by atoms with Gasteiger partial charge in [-0.1, -0.05) is 23.2 Å².